The lowest BCUT2D eigenvalue weighted by Crippen LogP contribution is -2.45. The predicted molar refractivity (Wildman–Crippen MR) is 178 cm³/mol. The van der Waals surface area contributed by atoms with Crippen LogP contribution in [0.25, 0.3) is 23.2 Å². The van der Waals surface area contributed by atoms with Gasteiger partial charge in [0.25, 0.3) is 0 Å². The summed E-state index contributed by atoms with van der Waals surface area (Å²) in [6.07, 6.45) is 24.5. The number of anilines is 1. The first-order chi connectivity index (χ1) is 21.0. The van der Waals surface area contributed by atoms with Gasteiger partial charge in [-0.2, -0.15) is 5.10 Å². The third-order valence-electron chi connectivity index (χ3n) is 8.80. The van der Waals surface area contributed by atoms with E-state index in [4.69, 9.17) is 9.97 Å². The molecule has 43 heavy (non-hydrogen) atoms. The largest absolute Gasteiger partial charge is 0.373 e. The molecule has 3 aromatic heterocycles. The van der Waals surface area contributed by atoms with Gasteiger partial charge in [-0.1, -0.05) is 32.4 Å². The molecule has 228 valence electrons. The molecule has 5 heterocycles. The monoisotopic (exact) mass is 581 g/mol. The van der Waals surface area contributed by atoms with Crippen molar-refractivity contribution in [2.45, 2.75) is 84.1 Å². The van der Waals surface area contributed by atoms with Crippen molar-refractivity contribution >= 4 is 35.2 Å². The van der Waals surface area contributed by atoms with E-state index in [0.29, 0.717) is 17.4 Å². The highest BCUT2D eigenvalue weighted by Gasteiger charge is 2.50. The zero-order valence-corrected chi connectivity index (χ0v) is 26.3. The van der Waals surface area contributed by atoms with E-state index in [1.54, 1.807) is 6.20 Å². The molecule has 6 rings (SSSR count). The summed E-state index contributed by atoms with van der Waals surface area (Å²) in [6, 6.07) is 2.42. The molecule has 9 nitrogen and oxygen atoms in total. The molecule has 3 N–H and O–H groups in total. The Bertz CT molecular complexity index is 1470. The van der Waals surface area contributed by atoms with Crippen molar-refractivity contribution in [3.8, 4) is 0 Å². The summed E-state index contributed by atoms with van der Waals surface area (Å²) in [6.45, 7) is 10.7. The lowest BCUT2D eigenvalue weighted by atomic mass is 9.89. The second-order valence-electron chi connectivity index (χ2n) is 11.9. The quantitative estimate of drug-likeness (QED) is 0.265. The highest BCUT2D eigenvalue weighted by Crippen LogP contribution is 2.51. The molecule has 0 radical (unpaired) electrons. The summed E-state index contributed by atoms with van der Waals surface area (Å²) in [7, 11) is 1.90. The average molecular weight is 582 g/mol. The number of aromatic nitrogens is 5. The molecule has 3 atom stereocenters. The minimum absolute atomic E-state index is 0.111. The summed E-state index contributed by atoms with van der Waals surface area (Å²) in [5.41, 5.74) is 3.69. The number of nitrogens with zero attached hydrogens (tertiary/aromatic N) is 6. The highest BCUT2D eigenvalue weighted by atomic mass is 15.3. The van der Waals surface area contributed by atoms with Gasteiger partial charge in [-0.05, 0) is 82.2 Å². The van der Waals surface area contributed by atoms with E-state index in [-0.39, 0.29) is 5.92 Å². The Kier molecular flexibility index (Phi) is 10.0. The fourth-order valence-corrected chi connectivity index (χ4v) is 6.24. The van der Waals surface area contributed by atoms with E-state index in [1.165, 1.54) is 18.4 Å². The molecule has 1 saturated carbocycles. The normalized spacial score (nSPS) is 21.6. The SMILES string of the molecule is C/C=C\c1ccnn1/C=C\C.CCCC(C)c1cncc2nc(C3C=C(NC)N=CC3)nc(NC3CCNCC34CC4)c12. The van der Waals surface area contributed by atoms with Gasteiger partial charge >= 0.3 is 0 Å². The van der Waals surface area contributed by atoms with E-state index in [0.717, 1.165) is 72.8 Å². The second-order valence-corrected chi connectivity index (χ2v) is 11.9. The lowest BCUT2D eigenvalue weighted by Gasteiger charge is -2.34. The zero-order valence-electron chi connectivity index (χ0n) is 26.3. The van der Waals surface area contributed by atoms with Gasteiger partial charge in [0.15, 0.2) is 0 Å². The van der Waals surface area contributed by atoms with Crippen molar-refractivity contribution in [3.63, 3.8) is 0 Å². The van der Waals surface area contributed by atoms with Crippen LogP contribution in [0.5, 0.6) is 0 Å². The van der Waals surface area contributed by atoms with E-state index in [1.807, 2.05) is 74.7 Å². The molecule has 9 heteroatoms. The maximum absolute atomic E-state index is 5.18. The van der Waals surface area contributed by atoms with Crippen LogP contribution < -0.4 is 16.0 Å². The topological polar surface area (TPSA) is 105 Å². The maximum atomic E-state index is 5.18. The van der Waals surface area contributed by atoms with Crippen LogP contribution in [-0.4, -0.2) is 57.1 Å². The van der Waals surface area contributed by atoms with Gasteiger partial charge < -0.3 is 16.0 Å². The van der Waals surface area contributed by atoms with Gasteiger partial charge in [-0.3, -0.25) is 4.98 Å². The number of hydrogen-bond acceptors (Lipinski definition) is 8. The average Bonchev–Trinajstić information content (AvgIpc) is 3.67. The number of allylic oxidation sites excluding steroid dienone is 3. The molecule has 3 aliphatic rings. The minimum Gasteiger partial charge on any atom is -0.373 e. The molecule has 0 aromatic carbocycles. The zero-order chi connectivity index (χ0) is 30.2. The van der Waals surface area contributed by atoms with Crippen molar-refractivity contribution in [2.24, 2.45) is 10.4 Å². The molecule has 2 fully saturated rings. The van der Waals surface area contributed by atoms with Crippen LogP contribution in [0, 0.1) is 5.41 Å². The van der Waals surface area contributed by atoms with Crippen LogP contribution in [0.4, 0.5) is 5.82 Å². The summed E-state index contributed by atoms with van der Waals surface area (Å²) >= 11 is 0. The highest BCUT2D eigenvalue weighted by molar-refractivity contribution is 5.92. The van der Waals surface area contributed by atoms with Gasteiger partial charge in [0.05, 0.1) is 17.4 Å². The Balaban J connectivity index is 0.000000283. The van der Waals surface area contributed by atoms with Gasteiger partial charge in [-0.15, -0.1) is 0 Å². The Morgan fingerprint density at radius 3 is 2.79 bits per heavy atom. The number of piperidine rings is 1. The van der Waals surface area contributed by atoms with Crippen LogP contribution in [0.2, 0.25) is 0 Å². The molecular formula is C34H47N9. The van der Waals surface area contributed by atoms with Crippen molar-refractivity contribution in [2.75, 3.05) is 25.5 Å². The van der Waals surface area contributed by atoms with Crippen LogP contribution in [0.15, 0.2) is 53.7 Å². The summed E-state index contributed by atoms with van der Waals surface area (Å²) in [5, 5.41) is 15.9. The van der Waals surface area contributed by atoms with E-state index < -0.39 is 0 Å². The number of aliphatic imine (C=N–C) groups is 1. The molecule has 1 aliphatic carbocycles. The molecule has 2 aliphatic heterocycles. The third kappa shape index (κ3) is 7.04. The van der Waals surface area contributed by atoms with Crippen LogP contribution in [0.1, 0.15) is 95.1 Å². The van der Waals surface area contributed by atoms with Gasteiger partial charge in [0.1, 0.15) is 17.5 Å². The Morgan fingerprint density at radius 1 is 1.19 bits per heavy atom. The first-order valence-electron chi connectivity index (χ1n) is 15.9. The number of nitrogens with one attached hydrogen (secondary N) is 3. The minimum atomic E-state index is 0.111. The summed E-state index contributed by atoms with van der Waals surface area (Å²) < 4.78 is 1.83. The number of rotatable bonds is 9. The van der Waals surface area contributed by atoms with Crippen molar-refractivity contribution in [1.29, 1.82) is 0 Å². The molecule has 0 bridgehead atoms. The van der Waals surface area contributed by atoms with E-state index in [9.17, 15) is 0 Å². The van der Waals surface area contributed by atoms with Crippen molar-refractivity contribution < 1.29 is 0 Å². The first kappa shape index (κ1) is 30.6. The molecule has 0 amide bonds. The lowest BCUT2D eigenvalue weighted by molar-refractivity contribution is 0.322. The summed E-state index contributed by atoms with van der Waals surface area (Å²) in [5.74, 6) is 3.25. The third-order valence-corrected chi connectivity index (χ3v) is 8.80. The van der Waals surface area contributed by atoms with Gasteiger partial charge in [-0.25, -0.2) is 19.6 Å². The predicted octanol–water partition coefficient (Wildman–Crippen LogP) is 6.51. The summed E-state index contributed by atoms with van der Waals surface area (Å²) in [4.78, 5) is 19.2. The van der Waals surface area contributed by atoms with Crippen molar-refractivity contribution in [1.82, 2.24) is 35.4 Å². The number of hydrogen-bond donors (Lipinski definition) is 3. The van der Waals surface area contributed by atoms with Gasteiger partial charge in [0, 0.05) is 61.2 Å². The van der Waals surface area contributed by atoms with Crippen LogP contribution >= 0.6 is 0 Å². The number of fused-ring (bicyclic) bond motifs is 1. The van der Waals surface area contributed by atoms with Crippen LogP contribution in [0.3, 0.4) is 0 Å². The Labute approximate surface area is 256 Å². The Hall–Kier alpha value is -3.85. The molecular weight excluding hydrogens is 534 g/mol. The fourth-order valence-electron chi connectivity index (χ4n) is 6.24. The molecule has 1 spiro atoms. The second kappa shape index (κ2) is 14.1. The fraction of sp³-hybridized carbons (Fsp3) is 0.500. The maximum Gasteiger partial charge on any atom is 0.138 e. The number of pyridine rings is 1. The standard InChI is InChI=1S/C25H35N7.C9H12N2/c1-4-5-16(2)18-13-28-14-19-22(18)24(31-20-7-10-27-15-25(20)8-9-25)32-23(30-19)17-6-11-29-21(12-17)26-3;1-3-5-9-6-7-10-11(9)8-4-2/h11-14,16-17,20,26-27H,4-10,15H2,1-3H3,(H,30,31,32);3-8H,1-2H3/b;5-3-,8-4-. The first-order valence-corrected chi connectivity index (χ1v) is 15.9. The smallest absolute Gasteiger partial charge is 0.138 e. The molecule has 3 aromatic rings. The van der Waals surface area contributed by atoms with Crippen molar-refractivity contribution in [3.05, 3.63) is 65.8 Å². The molecule has 1 saturated heterocycles. The van der Waals surface area contributed by atoms with E-state index in [2.05, 4.69) is 50.9 Å². The molecule has 3 unspecified atom stereocenters. The Morgan fingerprint density at radius 2 is 2.05 bits per heavy atom. The van der Waals surface area contributed by atoms with Gasteiger partial charge in [0.2, 0.25) is 0 Å². The van der Waals surface area contributed by atoms with E-state index >= 15 is 0 Å². The van der Waals surface area contributed by atoms with Crippen LogP contribution in [-0.2, 0) is 0 Å².